The lowest BCUT2D eigenvalue weighted by molar-refractivity contribution is -0.154. The highest BCUT2D eigenvalue weighted by Crippen LogP contribution is 2.19. The summed E-state index contributed by atoms with van der Waals surface area (Å²) in [5.74, 6) is -2.18. The smallest absolute Gasteiger partial charge is 0.192 e. The monoisotopic (exact) mass is 296 g/mol. The SMILES string of the molecule is CCCC(C(O)CO)C(O)C(=O)[C@@H](O)[C@H](O)[C@H](O)CO. The first-order valence-corrected chi connectivity index (χ1v) is 6.47. The van der Waals surface area contributed by atoms with Gasteiger partial charge < -0.3 is 35.7 Å². The molecule has 0 amide bonds. The summed E-state index contributed by atoms with van der Waals surface area (Å²) in [4.78, 5) is 11.8. The molecule has 8 nitrogen and oxygen atoms in total. The van der Waals surface area contributed by atoms with Gasteiger partial charge in [0.2, 0.25) is 0 Å². The van der Waals surface area contributed by atoms with E-state index in [0.717, 1.165) is 0 Å². The van der Waals surface area contributed by atoms with Crippen LogP contribution in [-0.4, -0.2) is 85.3 Å². The van der Waals surface area contributed by atoms with Crippen molar-refractivity contribution >= 4 is 5.78 Å². The van der Waals surface area contributed by atoms with Crippen molar-refractivity contribution < 1.29 is 40.5 Å². The number of hydrogen-bond acceptors (Lipinski definition) is 8. The summed E-state index contributed by atoms with van der Waals surface area (Å²) in [6.07, 6.45) is -8.18. The highest BCUT2D eigenvalue weighted by molar-refractivity contribution is 5.87. The molecular weight excluding hydrogens is 272 g/mol. The van der Waals surface area contributed by atoms with Crippen LogP contribution in [0.1, 0.15) is 19.8 Å². The maximum Gasteiger partial charge on any atom is 0.192 e. The second-order valence-corrected chi connectivity index (χ2v) is 4.74. The molecule has 0 fully saturated rings. The minimum absolute atomic E-state index is 0.222. The molecule has 0 saturated carbocycles. The molecule has 0 aliphatic rings. The van der Waals surface area contributed by atoms with E-state index in [1.54, 1.807) is 6.92 Å². The lowest BCUT2D eigenvalue weighted by atomic mass is 9.86. The third-order valence-corrected chi connectivity index (χ3v) is 3.20. The van der Waals surface area contributed by atoms with Gasteiger partial charge in [-0.05, 0) is 6.42 Å². The van der Waals surface area contributed by atoms with Gasteiger partial charge in [0.25, 0.3) is 0 Å². The summed E-state index contributed by atoms with van der Waals surface area (Å²) in [7, 11) is 0. The predicted octanol–water partition coefficient (Wildman–Crippen LogP) is -3.24. The summed E-state index contributed by atoms with van der Waals surface area (Å²) in [5.41, 5.74) is 0. The minimum Gasteiger partial charge on any atom is -0.394 e. The van der Waals surface area contributed by atoms with Gasteiger partial charge in [0.05, 0.1) is 19.3 Å². The lowest BCUT2D eigenvalue weighted by Crippen LogP contribution is -2.50. The predicted molar refractivity (Wildman–Crippen MR) is 67.6 cm³/mol. The number of rotatable bonds is 10. The Kier molecular flexibility index (Phi) is 9.06. The maximum absolute atomic E-state index is 11.8. The quantitative estimate of drug-likeness (QED) is 0.221. The number of aliphatic hydroxyl groups is 7. The van der Waals surface area contributed by atoms with Crippen molar-refractivity contribution in [2.24, 2.45) is 5.92 Å². The second kappa shape index (κ2) is 9.35. The fraction of sp³-hybridized carbons (Fsp3) is 0.917. The highest BCUT2D eigenvalue weighted by Gasteiger charge is 2.38. The van der Waals surface area contributed by atoms with E-state index >= 15 is 0 Å². The van der Waals surface area contributed by atoms with Crippen molar-refractivity contribution in [3.05, 3.63) is 0 Å². The van der Waals surface area contributed by atoms with Gasteiger partial charge in [0, 0.05) is 5.92 Å². The van der Waals surface area contributed by atoms with E-state index in [9.17, 15) is 25.2 Å². The van der Waals surface area contributed by atoms with Crippen LogP contribution in [0, 0.1) is 5.92 Å². The first-order chi connectivity index (χ1) is 9.31. The molecule has 8 heteroatoms. The van der Waals surface area contributed by atoms with Crippen LogP contribution < -0.4 is 0 Å². The Morgan fingerprint density at radius 1 is 0.900 bits per heavy atom. The number of Topliss-reactive ketones (excluding diaryl/α,β-unsaturated/α-hetero) is 1. The lowest BCUT2D eigenvalue weighted by Gasteiger charge is -2.28. The van der Waals surface area contributed by atoms with E-state index in [4.69, 9.17) is 15.3 Å². The average molecular weight is 296 g/mol. The molecular formula is C12H24O8. The van der Waals surface area contributed by atoms with Gasteiger partial charge in [-0.1, -0.05) is 13.3 Å². The van der Waals surface area contributed by atoms with Crippen LogP contribution >= 0.6 is 0 Å². The molecule has 7 N–H and O–H groups in total. The molecule has 0 saturated heterocycles. The molecule has 0 aliphatic carbocycles. The Labute approximate surface area is 116 Å². The Morgan fingerprint density at radius 2 is 1.40 bits per heavy atom. The summed E-state index contributed by atoms with van der Waals surface area (Å²) in [5, 5.41) is 65.0. The van der Waals surface area contributed by atoms with Crippen LogP contribution in [0.4, 0.5) is 0 Å². The van der Waals surface area contributed by atoms with Crippen molar-refractivity contribution in [2.45, 2.75) is 50.3 Å². The fourth-order valence-electron chi connectivity index (χ4n) is 1.90. The largest absolute Gasteiger partial charge is 0.394 e. The fourth-order valence-corrected chi connectivity index (χ4v) is 1.90. The Morgan fingerprint density at radius 3 is 1.80 bits per heavy atom. The third-order valence-electron chi connectivity index (χ3n) is 3.20. The van der Waals surface area contributed by atoms with Gasteiger partial charge in [-0.25, -0.2) is 0 Å². The third kappa shape index (κ3) is 5.06. The highest BCUT2D eigenvalue weighted by atomic mass is 16.4. The zero-order chi connectivity index (χ0) is 15.9. The standard InChI is InChI=1S/C12H24O8/c1-2-3-6(7(15)4-13)9(17)11(19)12(20)10(18)8(16)5-14/h6-10,12-18,20H,2-5H2,1H3/t6?,7?,8-,9?,10-,12+/m1/s1. The van der Waals surface area contributed by atoms with Crippen molar-refractivity contribution in [1.82, 2.24) is 0 Å². The minimum atomic E-state index is -2.10. The molecule has 3 unspecified atom stereocenters. The van der Waals surface area contributed by atoms with Crippen molar-refractivity contribution in [1.29, 1.82) is 0 Å². The topological polar surface area (TPSA) is 159 Å². The molecule has 6 atom stereocenters. The van der Waals surface area contributed by atoms with E-state index in [2.05, 4.69) is 0 Å². The molecule has 0 radical (unpaired) electrons. The number of hydrogen-bond donors (Lipinski definition) is 7. The van der Waals surface area contributed by atoms with Crippen LogP contribution in [0.5, 0.6) is 0 Å². The molecule has 0 rings (SSSR count). The van der Waals surface area contributed by atoms with E-state index in [1.165, 1.54) is 0 Å². The summed E-state index contributed by atoms with van der Waals surface area (Å²) in [6.45, 7) is 0.223. The van der Waals surface area contributed by atoms with E-state index < -0.39 is 55.4 Å². The van der Waals surface area contributed by atoms with Gasteiger partial charge in [-0.3, -0.25) is 4.79 Å². The van der Waals surface area contributed by atoms with Gasteiger partial charge in [-0.15, -0.1) is 0 Å². The Hall–Kier alpha value is -0.610. The second-order valence-electron chi connectivity index (χ2n) is 4.74. The van der Waals surface area contributed by atoms with Crippen molar-refractivity contribution in [3.63, 3.8) is 0 Å². The molecule has 0 aromatic heterocycles. The van der Waals surface area contributed by atoms with Gasteiger partial charge in [0.1, 0.15) is 24.4 Å². The van der Waals surface area contributed by atoms with Crippen molar-refractivity contribution in [2.75, 3.05) is 13.2 Å². The summed E-state index contributed by atoms with van der Waals surface area (Å²) < 4.78 is 0. The van der Waals surface area contributed by atoms with Crippen molar-refractivity contribution in [3.8, 4) is 0 Å². The van der Waals surface area contributed by atoms with Gasteiger partial charge in [0.15, 0.2) is 5.78 Å². The zero-order valence-electron chi connectivity index (χ0n) is 11.3. The summed E-state index contributed by atoms with van der Waals surface area (Å²) in [6, 6.07) is 0. The molecule has 0 aliphatic heterocycles. The van der Waals surface area contributed by atoms with Crippen LogP contribution in [0.2, 0.25) is 0 Å². The molecule has 0 aromatic rings. The number of carbonyl (C=O) groups excluding carboxylic acids is 1. The molecule has 120 valence electrons. The van der Waals surface area contributed by atoms with Crippen LogP contribution in [-0.2, 0) is 4.79 Å². The Bertz CT molecular complexity index is 285. The summed E-state index contributed by atoms with van der Waals surface area (Å²) >= 11 is 0. The number of aliphatic hydroxyl groups excluding tert-OH is 7. The first kappa shape index (κ1) is 19.4. The molecule has 0 aromatic carbocycles. The molecule has 0 heterocycles. The van der Waals surface area contributed by atoms with E-state index in [-0.39, 0.29) is 6.42 Å². The molecule has 20 heavy (non-hydrogen) atoms. The van der Waals surface area contributed by atoms with Gasteiger partial charge >= 0.3 is 0 Å². The maximum atomic E-state index is 11.8. The molecule has 0 spiro atoms. The van der Waals surface area contributed by atoms with E-state index in [1.807, 2.05) is 0 Å². The number of carbonyl (C=O) groups is 1. The van der Waals surface area contributed by atoms with Crippen LogP contribution in [0.25, 0.3) is 0 Å². The zero-order valence-corrected chi connectivity index (χ0v) is 11.3. The van der Waals surface area contributed by atoms with Gasteiger partial charge in [-0.2, -0.15) is 0 Å². The average Bonchev–Trinajstić information content (AvgIpc) is 2.47. The normalized spacial score (nSPS) is 20.8. The Balaban J connectivity index is 4.87. The van der Waals surface area contributed by atoms with Crippen LogP contribution in [0.15, 0.2) is 0 Å². The first-order valence-electron chi connectivity index (χ1n) is 6.47. The van der Waals surface area contributed by atoms with Crippen LogP contribution in [0.3, 0.4) is 0 Å². The van der Waals surface area contributed by atoms with E-state index in [0.29, 0.717) is 6.42 Å². The number of ketones is 1. The molecule has 0 bridgehead atoms.